The first-order valence-corrected chi connectivity index (χ1v) is 8.77. The molecule has 1 aliphatic rings. The first-order chi connectivity index (χ1) is 12.6. The van der Waals surface area contributed by atoms with Crippen LogP contribution in [-0.4, -0.2) is 31.8 Å². The summed E-state index contributed by atoms with van der Waals surface area (Å²) in [4.78, 5) is 31.8. The number of fused-ring (bicyclic) bond motifs is 3. The molecule has 0 radical (unpaired) electrons. The molecule has 0 atom stereocenters. The molecular formula is C18H21N5O3. The highest BCUT2D eigenvalue weighted by molar-refractivity contribution is 5.77. The van der Waals surface area contributed by atoms with Gasteiger partial charge in [-0.25, -0.2) is 4.79 Å². The van der Waals surface area contributed by atoms with E-state index < -0.39 is 0 Å². The average molecular weight is 355 g/mol. The first-order valence-electron chi connectivity index (χ1n) is 8.77. The molecule has 26 heavy (non-hydrogen) atoms. The molecule has 8 heteroatoms. The standard InChI is InChI=1S/C18H21N5O3/c1-4-21-16(24)14-15(20(3)18(21)25)19-17-22(10-11-23(14)17)12-6-8-13(9-7-12)26-5-2/h6-9H,4-5,10-11H2,1-3H3. The van der Waals surface area contributed by atoms with Crippen LogP contribution in [0.5, 0.6) is 5.75 Å². The Hall–Kier alpha value is -3.03. The maximum atomic E-state index is 12.8. The molecule has 0 spiro atoms. The number of ether oxygens (including phenoxy) is 1. The quantitative estimate of drug-likeness (QED) is 0.708. The molecule has 0 saturated heterocycles. The Morgan fingerprint density at radius 2 is 1.85 bits per heavy atom. The third-order valence-corrected chi connectivity index (χ3v) is 4.78. The molecule has 3 aromatic rings. The van der Waals surface area contributed by atoms with Gasteiger partial charge in [0, 0.05) is 32.4 Å². The van der Waals surface area contributed by atoms with E-state index in [0.29, 0.717) is 36.8 Å². The van der Waals surface area contributed by atoms with Crippen molar-refractivity contribution in [2.45, 2.75) is 26.9 Å². The zero-order valence-corrected chi connectivity index (χ0v) is 15.1. The summed E-state index contributed by atoms with van der Waals surface area (Å²) in [7, 11) is 1.65. The van der Waals surface area contributed by atoms with E-state index in [4.69, 9.17) is 4.74 Å². The Bertz CT molecular complexity index is 1090. The van der Waals surface area contributed by atoms with Crippen LogP contribution in [0.4, 0.5) is 11.6 Å². The van der Waals surface area contributed by atoms with Crippen molar-refractivity contribution in [3.8, 4) is 5.75 Å². The first kappa shape index (κ1) is 16.4. The summed E-state index contributed by atoms with van der Waals surface area (Å²) in [5.41, 5.74) is 1.27. The van der Waals surface area contributed by atoms with Crippen LogP contribution in [0, 0.1) is 0 Å². The summed E-state index contributed by atoms with van der Waals surface area (Å²) in [6.07, 6.45) is 0. The monoisotopic (exact) mass is 355 g/mol. The third-order valence-electron chi connectivity index (χ3n) is 4.78. The van der Waals surface area contributed by atoms with Crippen LogP contribution < -0.4 is 20.9 Å². The lowest BCUT2D eigenvalue weighted by molar-refractivity contribution is 0.340. The molecule has 1 aliphatic heterocycles. The van der Waals surface area contributed by atoms with Crippen molar-refractivity contribution in [1.29, 1.82) is 0 Å². The van der Waals surface area contributed by atoms with Gasteiger partial charge in [-0.3, -0.25) is 13.9 Å². The molecule has 0 aliphatic carbocycles. The fraction of sp³-hybridized carbons (Fsp3) is 0.389. The predicted octanol–water partition coefficient (Wildman–Crippen LogP) is 1.47. The Morgan fingerprint density at radius 3 is 2.50 bits per heavy atom. The Balaban J connectivity index is 1.86. The number of anilines is 2. The molecule has 2 aromatic heterocycles. The Morgan fingerprint density at radius 1 is 1.12 bits per heavy atom. The van der Waals surface area contributed by atoms with E-state index in [2.05, 4.69) is 9.88 Å². The van der Waals surface area contributed by atoms with Crippen LogP contribution in [0.2, 0.25) is 0 Å². The number of benzene rings is 1. The lowest BCUT2D eigenvalue weighted by Gasteiger charge is -2.16. The maximum Gasteiger partial charge on any atom is 0.332 e. The largest absolute Gasteiger partial charge is 0.494 e. The fourth-order valence-corrected chi connectivity index (χ4v) is 3.49. The van der Waals surface area contributed by atoms with Crippen molar-refractivity contribution in [3.05, 3.63) is 45.1 Å². The summed E-state index contributed by atoms with van der Waals surface area (Å²) >= 11 is 0. The van der Waals surface area contributed by atoms with Gasteiger partial charge in [0.25, 0.3) is 5.56 Å². The molecule has 136 valence electrons. The van der Waals surface area contributed by atoms with E-state index in [0.717, 1.165) is 18.0 Å². The minimum absolute atomic E-state index is 0.280. The molecule has 0 saturated carbocycles. The summed E-state index contributed by atoms with van der Waals surface area (Å²) < 4.78 is 10.1. The van der Waals surface area contributed by atoms with Crippen molar-refractivity contribution < 1.29 is 4.74 Å². The van der Waals surface area contributed by atoms with Crippen LogP contribution in [0.25, 0.3) is 11.2 Å². The van der Waals surface area contributed by atoms with Crippen molar-refractivity contribution in [2.75, 3.05) is 18.1 Å². The second-order valence-corrected chi connectivity index (χ2v) is 6.21. The second kappa shape index (κ2) is 6.05. The lowest BCUT2D eigenvalue weighted by atomic mass is 10.3. The van der Waals surface area contributed by atoms with Gasteiger partial charge in [0.1, 0.15) is 5.75 Å². The van der Waals surface area contributed by atoms with Crippen LogP contribution in [0.3, 0.4) is 0 Å². The van der Waals surface area contributed by atoms with E-state index in [1.807, 2.05) is 35.8 Å². The summed E-state index contributed by atoms with van der Waals surface area (Å²) in [6, 6.07) is 7.79. The maximum absolute atomic E-state index is 12.8. The topological polar surface area (TPSA) is 74.3 Å². The van der Waals surface area contributed by atoms with Gasteiger partial charge >= 0.3 is 5.69 Å². The summed E-state index contributed by atoms with van der Waals surface area (Å²) in [5, 5.41) is 0. The zero-order valence-electron chi connectivity index (χ0n) is 15.1. The summed E-state index contributed by atoms with van der Waals surface area (Å²) in [5.74, 6) is 1.50. The molecule has 0 unspecified atom stereocenters. The van der Waals surface area contributed by atoms with Gasteiger partial charge in [0.15, 0.2) is 11.2 Å². The lowest BCUT2D eigenvalue weighted by Crippen LogP contribution is -2.39. The summed E-state index contributed by atoms with van der Waals surface area (Å²) in [6.45, 7) is 6.07. The smallest absolute Gasteiger partial charge is 0.332 e. The van der Waals surface area contributed by atoms with Crippen LogP contribution in [0.15, 0.2) is 33.9 Å². The van der Waals surface area contributed by atoms with E-state index in [9.17, 15) is 9.59 Å². The highest BCUT2D eigenvalue weighted by atomic mass is 16.5. The highest BCUT2D eigenvalue weighted by Gasteiger charge is 2.28. The van der Waals surface area contributed by atoms with Gasteiger partial charge in [0.2, 0.25) is 5.95 Å². The SMILES string of the molecule is CCOc1ccc(N2CCn3c2nc2c3c(=O)n(CC)c(=O)n2C)cc1. The molecular weight excluding hydrogens is 334 g/mol. The third kappa shape index (κ3) is 2.25. The average Bonchev–Trinajstić information content (AvgIpc) is 3.21. The molecule has 0 amide bonds. The number of imidazole rings is 1. The van der Waals surface area contributed by atoms with Crippen LogP contribution in [0.1, 0.15) is 13.8 Å². The van der Waals surface area contributed by atoms with Crippen molar-refractivity contribution in [2.24, 2.45) is 7.05 Å². The fourth-order valence-electron chi connectivity index (χ4n) is 3.49. The Labute approximate surface area is 149 Å². The van der Waals surface area contributed by atoms with Gasteiger partial charge in [-0.15, -0.1) is 0 Å². The molecule has 0 bridgehead atoms. The number of aromatic nitrogens is 4. The van der Waals surface area contributed by atoms with Gasteiger partial charge in [-0.05, 0) is 38.1 Å². The van der Waals surface area contributed by atoms with E-state index in [-0.39, 0.29) is 11.2 Å². The van der Waals surface area contributed by atoms with Crippen molar-refractivity contribution in [1.82, 2.24) is 18.7 Å². The van der Waals surface area contributed by atoms with Gasteiger partial charge in [-0.2, -0.15) is 4.98 Å². The second-order valence-electron chi connectivity index (χ2n) is 6.21. The molecule has 3 heterocycles. The van der Waals surface area contributed by atoms with Crippen molar-refractivity contribution >= 4 is 22.8 Å². The predicted molar refractivity (Wildman–Crippen MR) is 99.5 cm³/mol. The normalized spacial score (nSPS) is 13.4. The molecule has 0 fully saturated rings. The van der Waals surface area contributed by atoms with Crippen LogP contribution in [-0.2, 0) is 20.1 Å². The minimum atomic E-state index is -0.339. The van der Waals surface area contributed by atoms with Gasteiger partial charge < -0.3 is 14.2 Å². The van der Waals surface area contributed by atoms with E-state index in [1.165, 1.54) is 9.13 Å². The molecule has 4 rings (SSSR count). The van der Waals surface area contributed by atoms with Crippen molar-refractivity contribution in [3.63, 3.8) is 0 Å². The number of aryl methyl sites for hydroxylation is 1. The van der Waals surface area contributed by atoms with E-state index in [1.54, 1.807) is 14.0 Å². The highest BCUT2D eigenvalue weighted by Crippen LogP contribution is 2.32. The molecule has 0 N–H and O–H groups in total. The molecule has 1 aromatic carbocycles. The Kier molecular flexibility index (Phi) is 3.82. The van der Waals surface area contributed by atoms with Gasteiger partial charge in [0.05, 0.1) is 6.61 Å². The minimum Gasteiger partial charge on any atom is -0.494 e. The number of hydrogen-bond donors (Lipinski definition) is 0. The van der Waals surface area contributed by atoms with E-state index >= 15 is 0 Å². The number of nitrogens with zero attached hydrogens (tertiary/aromatic N) is 5. The number of hydrogen-bond acceptors (Lipinski definition) is 5. The number of rotatable bonds is 4. The molecule has 8 nitrogen and oxygen atoms in total. The zero-order chi connectivity index (χ0) is 18.4. The van der Waals surface area contributed by atoms with Gasteiger partial charge in [-0.1, -0.05) is 0 Å². The van der Waals surface area contributed by atoms with Crippen LogP contribution >= 0.6 is 0 Å².